The van der Waals surface area contributed by atoms with Crippen LogP contribution in [0.1, 0.15) is 30.4 Å². The van der Waals surface area contributed by atoms with E-state index in [4.69, 9.17) is 4.74 Å². The van der Waals surface area contributed by atoms with E-state index >= 15 is 0 Å². The SMILES string of the molecule is COc1ccc(C)cc1C1CCNCC1C. The first kappa shape index (κ1) is 11.5. The molecule has 0 spiro atoms. The molecule has 0 saturated carbocycles. The van der Waals surface area contributed by atoms with Crippen LogP contribution in [0.4, 0.5) is 0 Å². The molecule has 0 aliphatic carbocycles. The van der Waals surface area contributed by atoms with Crippen molar-refractivity contribution in [2.75, 3.05) is 20.2 Å². The first-order valence-electron chi connectivity index (χ1n) is 6.07. The van der Waals surface area contributed by atoms with Crippen molar-refractivity contribution < 1.29 is 4.74 Å². The molecular weight excluding hydrogens is 198 g/mol. The topological polar surface area (TPSA) is 21.3 Å². The van der Waals surface area contributed by atoms with E-state index in [1.54, 1.807) is 7.11 Å². The molecule has 2 atom stereocenters. The fraction of sp³-hybridized carbons (Fsp3) is 0.571. The number of aryl methyl sites for hydroxylation is 1. The quantitative estimate of drug-likeness (QED) is 0.825. The minimum atomic E-state index is 0.635. The van der Waals surface area contributed by atoms with E-state index in [1.807, 2.05) is 0 Å². The van der Waals surface area contributed by atoms with Gasteiger partial charge in [-0.2, -0.15) is 0 Å². The smallest absolute Gasteiger partial charge is 0.122 e. The fourth-order valence-electron chi connectivity index (χ4n) is 2.62. The van der Waals surface area contributed by atoms with E-state index in [0.29, 0.717) is 11.8 Å². The monoisotopic (exact) mass is 219 g/mol. The van der Waals surface area contributed by atoms with Crippen molar-refractivity contribution in [2.45, 2.75) is 26.2 Å². The van der Waals surface area contributed by atoms with Gasteiger partial charge >= 0.3 is 0 Å². The molecule has 1 N–H and O–H groups in total. The Morgan fingerprint density at radius 1 is 1.38 bits per heavy atom. The maximum Gasteiger partial charge on any atom is 0.122 e. The van der Waals surface area contributed by atoms with Crippen molar-refractivity contribution in [3.8, 4) is 5.75 Å². The van der Waals surface area contributed by atoms with E-state index in [0.717, 1.165) is 18.8 Å². The van der Waals surface area contributed by atoms with Gasteiger partial charge in [0, 0.05) is 0 Å². The predicted octanol–water partition coefficient (Wildman–Crippen LogP) is 2.72. The normalized spacial score (nSPS) is 25.4. The lowest BCUT2D eigenvalue weighted by Gasteiger charge is -2.31. The Kier molecular flexibility index (Phi) is 3.49. The van der Waals surface area contributed by atoms with Crippen LogP contribution in [0.3, 0.4) is 0 Å². The summed E-state index contributed by atoms with van der Waals surface area (Å²) in [6.45, 7) is 6.70. The summed E-state index contributed by atoms with van der Waals surface area (Å²) in [5, 5.41) is 3.45. The molecule has 2 rings (SSSR count). The standard InChI is InChI=1S/C14H21NO/c1-10-4-5-14(16-3)13(8-10)12-6-7-15-9-11(12)2/h4-5,8,11-12,15H,6-7,9H2,1-3H3. The van der Waals surface area contributed by atoms with Gasteiger partial charge in [-0.3, -0.25) is 0 Å². The van der Waals surface area contributed by atoms with Crippen LogP contribution in [0.15, 0.2) is 18.2 Å². The maximum absolute atomic E-state index is 5.48. The van der Waals surface area contributed by atoms with Gasteiger partial charge in [0.15, 0.2) is 0 Å². The summed E-state index contributed by atoms with van der Waals surface area (Å²) < 4.78 is 5.48. The van der Waals surface area contributed by atoms with Crippen LogP contribution >= 0.6 is 0 Å². The second-order valence-electron chi connectivity index (χ2n) is 4.82. The lowest BCUT2D eigenvalue weighted by Crippen LogP contribution is -2.33. The molecule has 0 amide bonds. The summed E-state index contributed by atoms with van der Waals surface area (Å²) in [6, 6.07) is 6.50. The van der Waals surface area contributed by atoms with Gasteiger partial charge in [-0.1, -0.05) is 24.6 Å². The van der Waals surface area contributed by atoms with E-state index in [-0.39, 0.29) is 0 Å². The largest absolute Gasteiger partial charge is 0.496 e. The van der Waals surface area contributed by atoms with Gasteiger partial charge in [0.25, 0.3) is 0 Å². The van der Waals surface area contributed by atoms with Crippen molar-refractivity contribution in [3.05, 3.63) is 29.3 Å². The Hall–Kier alpha value is -1.02. The highest BCUT2D eigenvalue weighted by atomic mass is 16.5. The van der Waals surface area contributed by atoms with Gasteiger partial charge in [-0.05, 0) is 49.9 Å². The van der Waals surface area contributed by atoms with Crippen LogP contribution in [0.25, 0.3) is 0 Å². The van der Waals surface area contributed by atoms with Crippen LogP contribution in [0.2, 0.25) is 0 Å². The average molecular weight is 219 g/mol. The van der Waals surface area contributed by atoms with E-state index in [1.165, 1.54) is 17.5 Å². The van der Waals surface area contributed by atoms with Crippen LogP contribution < -0.4 is 10.1 Å². The molecule has 1 aromatic carbocycles. The highest BCUT2D eigenvalue weighted by Crippen LogP contribution is 2.36. The van der Waals surface area contributed by atoms with Gasteiger partial charge < -0.3 is 10.1 Å². The summed E-state index contributed by atoms with van der Waals surface area (Å²) in [7, 11) is 1.76. The summed E-state index contributed by atoms with van der Waals surface area (Å²) >= 11 is 0. The van der Waals surface area contributed by atoms with Gasteiger partial charge in [0.1, 0.15) is 5.75 Å². The summed E-state index contributed by atoms with van der Waals surface area (Å²) in [4.78, 5) is 0. The van der Waals surface area contributed by atoms with Gasteiger partial charge in [-0.15, -0.1) is 0 Å². The Balaban J connectivity index is 2.33. The molecule has 0 radical (unpaired) electrons. The van der Waals surface area contributed by atoms with Crippen molar-refractivity contribution in [1.29, 1.82) is 0 Å². The molecule has 0 bridgehead atoms. The number of hydrogen-bond donors (Lipinski definition) is 1. The highest BCUT2D eigenvalue weighted by molar-refractivity contribution is 5.40. The summed E-state index contributed by atoms with van der Waals surface area (Å²) in [5.74, 6) is 2.37. The van der Waals surface area contributed by atoms with E-state index in [9.17, 15) is 0 Å². The predicted molar refractivity (Wildman–Crippen MR) is 67.1 cm³/mol. The number of benzene rings is 1. The third-order valence-corrected chi connectivity index (χ3v) is 3.57. The number of ether oxygens (including phenoxy) is 1. The number of piperidine rings is 1. The van der Waals surface area contributed by atoms with E-state index in [2.05, 4.69) is 37.4 Å². The van der Waals surface area contributed by atoms with Crippen LogP contribution in [-0.2, 0) is 0 Å². The van der Waals surface area contributed by atoms with Crippen molar-refractivity contribution in [1.82, 2.24) is 5.32 Å². The molecule has 88 valence electrons. The maximum atomic E-state index is 5.48. The molecule has 1 fully saturated rings. The van der Waals surface area contributed by atoms with Gasteiger partial charge in [-0.25, -0.2) is 0 Å². The number of hydrogen-bond acceptors (Lipinski definition) is 2. The molecule has 0 aromatic heterocycles. The Morgan fingerprint density at radius 3 is 2.88 bits per heavy atom. The van der Waals surface area contributed by atoms with Crippen LogP contribution in [-0.4, -0.2) is 20.2 Å². The van der Waals surface area contributed by atoms with Gasteiger partial charge in [0.05, 0.1) is 7.11 Å². The molecule has 2 nitrogen and oxygen atoms in total. The Bertz CT molecular complexity index is 362. The lowest BCUT2D eigenvalue weighted by atomic mass is 9.81. The molecule has 16 heavy (non-hydrogen) atoms. The van der Waals surface area contributed by atoms with Crippen LogP contribution in [0.5, 0.6) is 5.75 Å². The minimum absolute atomic E-state index is 0.635. The molecule has 1 aromatic rings. The number of methoxy groups -OCH3 is 1. The second-order valence-corrected chi connectivity index (χ2v) is 4.82. The number of rotatable bonds is 2. The molecule has 2 heteroatoms. The second kappa shape index (κ2) is 4.88. The fourth-order valence-corrected chi connectivity index (χ4v) is 2.62. The zero-order valence-electron chi connectivity index (χ0n) is 10.4. The third-order valence-electron chi connectivity index (χ3n) is 3.57. The molecule has 1 aliphatic heterocycles. The number of nitrogens with one attached hydrogen (secondary N) is 1. The lowest BCUT2D eigenvalue weighted by molar-refractivity contribution is 0.334. The molecule has 1 aliphatic rings. The highest BCUT2D eigenvalue weighted by Gasteiger charge is 2.25. The third kappa shape index (κ3) is 2.22. The average Bonchev–Trinajstić information content (AvgIpc) is 2.29. The summed E-state index contributed by atoms with van der Waals surface area (Å²) in [5.41, 5.74) is 2.71. The molecular formula is C14H21NO. The van der Waals surface area contributed by atoms with Crippen molar-refractivity contribution in [2.24, 2.45) is 5.92 Å². The molecule has 2 unspecified atom stereocenters. The van der Waals surface area contributed by atoms with Crippen molar-refractivity contribution >= 4 is 0 Å². The first-order chi connectivity index (χ1) is 7.72. The Labute approximate surface area is 98.0 Å². The van der Waals surface area contributed by atoms with Crippen LogP contribution in [0, 0.1) is 12.8 Å². The zero-order valence-corrected chi connectivity index (χ0v) is 10.4. The zero-order chi connectivity index (χ0) is 11.5. The molecule has 1 heterocycles. The van der Waals surface area contributed by atoms with E-state index < -0.39 is 0 Å². The van der Waals surface area contributed by atoms with Crippen molar-refractivity contribution in [3.63, 3.8) is 0 Å². The van der Waals surface area contributed by atoms with Gasteiger partial charge in [0.2, 0.25) is 0 Å². The summed E-state index contributed by atoms with van der Waals surface area (Å²) in [6.07, 6.45) is 1.21. The molecule has 1 saturated heterocycles. The Morgan fingerprint density at radius 2 is 2.19 bits per heavy atom. The first-order valence-corrected chi connectivity index (χ1v) is 6.07. The minimum Gasteiger partial charge on any atom is -0.496 e.